The Labute approximate surface area is 151 Å². The van der Waals surface area contributed by atoms with Crippen LogP contribution in [0.2, 0.25) is 0 Å². The Kier molecular flexibility index (Phi) is 3.32. The largest absolute Gasteiger partial charge is 0.289 e. The molecule has 26 heavy (non-hydrogen) atoms. The zero-order valence-electron chi connectivity index (χ0n) is 14.1. The molecule has 0 spiro atoms. The minimum atomic E-state index is 0.0108. The molecular weight excluding hydrogens is 316 g/mol. The van der Waals surface area contributed by atoms with Gasteiger partial charge in [-0.1, -0.05) is 72.8 Å². The fourth-order valence-corrected chi connectivity index (χ4v) is 3.56. The highest BCUT2D eigenvalue weighted by atomic mass is 16.1. The van der Waals surface area contributed by atoms with Gasteiger partial charge in [0, 0.05) is 17.2 Å². The average molecular weight is 331 g/mol. The molecule has 5 aromatic rings. The summed E-state index contributed by atoms with van der Waals surface area (Å²) < 4.78 is 0. The molecule has 0 aromatic heterocycles. The Bertz CT molecular complexity index is 1300. The molecule has 1 heteroatoms. The first-order valence-electron chi connectivity index (χ1n) is 8.67. The first kappa shape index (κ1) is 14.9. The van der Waals surface area contributed by atoms with Gasteiger partial charge in [0.25, 0.3) is 0 Å². The Hall–Kier alpha value is -3.45. The summed E-state index contributed by atoms with van der Waals surface area (Å²) in [5, 5.41) is 6.44. The summed E-state index contributed by atoms with van der Waals surface area (Å²) in [5.74, 6) is 0.0108. The molecule has 0 fully saturated rings. The van der Waals surface area contributed by atoms with E-state index in [-0.39, 0.29) is 5.78 Å². The SMILES string of the molecule is O=C(c1[c]c2ccccc2cc1)c1cccc2cc3ccccc3cc12. The van der Waals surface area contributed by atoms with Gasteiger partial charge in [0.1, 0.15) is 0 Å². The van der Waals surface area contributed by atoms with Gasteiger partial charge in [-0.3, -0.25) is 4.79 Å². The Morgan fingerprint density at radius 1 is 0.615 bits per heavy atom. The van der Waals surface area contributed by atoms with Crippen molar-refractivity contribution in [3.63, 3.8) is 0 Å². The van der Waals surface area contributed by atoms with E-state index in [1.54, 1.807) is 0 Å². The highest BCUT2D eigenvalue weighted by Crippen LogP contribution is 2.27. The third-order valence-corrected chi connectivity index (χ3v) is 4.90. The van der Waals surface area contributed by atoms with E-state index in [1.165, 1.54) is 5.39 Å². The van der Waals surface area contributed by atoms with Gasteiger partial charge in [-0.05, 0) is 50.5 Å². The molecule has 0 aliphatic rings. The molecule has 0 bridgehead atoms. The molecule has 121 valence electrons. The molecule has 0 aliphatic heterocycles. The maximum atomic E-state index is 13.2. The molecule has 0 amide bonds. The Balaban J connectivity index is 1.71. The van der Waals surface area contributed by atoms with Crippen LogP contribution in [0.15, 0.2) is 91.0 Å². The van der Waals surface area contributed by atoms with Crippen LogP contribution >= 0.6 is 0 Å². The molecule has 0 unspecified atom stereocenters. The highest BCUT2D eigenvalue weighted by Gasteiger charge is 2.14. The second kappa shape index (κ2) is 5.82. The molecule has 5 aromatic carbocycles. The molecule has 0 atom stereocenters. The summed E-state index contributed by atoms with van der Waals surface area (Å²) >= 11 is 0. The van der Waals surface area contributed by atoms with Gasteiger partial charge in [-0.2, -0.15) is 0 Å². The number of carbonyl (C=O) groups is 1. The van der Waals surface area contributed by atoms with Gasteiger partial charge in [0.15, 0.2) is 5.78 Å². The summed E-state index contributed by atoms with van der Waals surface area (Å²) in [6, 6.07) is 33.5. The summed E-state index contributed by atoms with van der Waals surface area (Å²) in [4.78, 5) is 13.2. The molecule has 0 saturated heterocycles. The average Bonchev–Trinajstić information content (AvgIpc) is 2.71. The van der Waals surface area contributed by atoms with Crippen LogP contribution < -0.4 is 0 Å². The molecule has 0 saturated carbocycles. The van der Waals surface area contributed by atoms with Crippen molar-refractivity contribution >= 4 is 38.1 Å². The zero-order chi connectivity index (χ0) is 17.5. The fourth-order valence-electron chi connectivity index (χ4n) is 3.56. The smallest absolute Gasteiger partial charge is 0.194 e. The van der Waals surface area contributed by atoms with Crippen molar-refractivity contribution in [1.29, 1.82) is 0 Å². The normalized spacial score (nSPS) is 11.2. The lowest BCUT2D eigenvalue weighted by atomic mass is 9.94. The monoisotopic (exact) mass is 331 g/mol. The van der Waals surface area contributed by atoms with Crippen LogP contribution in [-0.4, -0.2) is 5.78 Å². The van der Waals surface area contributed by atoms with Crippen molar-refractivity contribution in [3.8, 4) is 0 Å². The van der Waals surface area contributed by atoms with Crippen LogP contribution in [0.5, 0.6) is 0 Å². The minimum absolute atomic E-state index is 0.0108. The van der Waals surface area contributed by atoms with Crippen LogP contribution in [0.1, 0.15) is 15.9 Å². The van der Waals surface area contributed by atoms with Crippen molar-refractivity contribution in [1.82, 2.24) is 0 Å². The summed E-state index contributed by atoms with van der Waals surface area (Å²) in [6.45, 7) is 0. The third kappa shape index (κ3) is 2.37. The number of carbonyl (C=O) groups excluding carboxylic acids is 1. The van der Waals surface area contributed by atoms with E-state index in [0.717, 1.165) is 32.5 Å². The van der Waals surface area contributed by atoms with E-state index < -0.39 is 0 Å². The topological polar surface area (TPSA) is 17.1 Å². The molecule has 1 radical (unpaired) electrons. The number of ketones is 1. The summed E-state index contributed by atoms with van der Waals surface area (Å²) in [7, 11) is 0. The van der Waals surface area contributed by atoms with Gasteiger partial charge in [0.2, 0.25) is 0 Å². The van der Waals surface area contributed by atoms with E-state index in [9.17, 15) is 4.79 Å². The predicted molar refractivity (Wildman–Crippen MR) is 108 cm³/mol. The van der Waals surface area contributed by atoms with E-state index in [1.807, 2.05) is 60.7 Å². The number of hydrogen-bond donors (Lipinski definition) is 0. The molecule has 0 N–H and O–H groups in total. The van der Waals surface area contributed by atoms with E-state index >= 15 is 0 Å². The molecule has 0 aliphatic carbocycles. The van der Waals surface area contributed by atoms with Crippen molar-refractivity contribution in [2.75, 3.05) is 0 Å². The second-order valence-corrected chi connectivity index (χ2v) is 6.51. The quantitative estimate of drug-likeness (QED) is 0.279. The van der Waals surface area contributed by atoms with Crippen LogP contribution in [0.3, 0.4) is 0 Å². The lowest BCUT2D eigenvalue weighted by Gasteiger charge is -2.08. The lowest BCUT2D eigenvalue weighted by Crippen LogP contribution is -2.02. The Morgan fingerprint density at radius 2 is 1.31 bits per heavy atom. The lowest BCUT2D eigenvalue weighted by molar-refractivity contribution is 0.104. The second-order valence-electron chi connectivity index (χ2n) is 6.51. The molecule has 0 heterocycles. The fraction of sp³-hybridized carbons (Fsp3) is 0. The van der Waals surface area contributed by atoms with Crippen molar-refractivity contribution in [2.24, 2.45) is 0 Å². The maximum Gasteiger partial charge on any atom is 0.194 e. The maximum absolute atomic E-state index is 13.2. The van der Waals surface area contributed by atoms with Gasteiger partial charge >= 0.3 is 0 Å². The zero-order valence-corrected chi connectivity index (χ0v) is 14.1. The minimum Gasteiger partial charge on any atom is -0.289 e. The number of benzene rings is 5. The Morgan fingerprint density at radius 3 is 2.15 bits per heavy atom. The van der Waals surface area contributed by atoms with Gasteiger partial charge in [-0.25, -0.2) is 0 Å². The predicted octanol–water partition coefficient (Wildman–Crippen LogP) is 6.18. The highest BCUT2D eigenvalue weighted by molar-refractivity contribution is 6.18. The molecule has 5 rings (SSSR count). The van der Waals surface area contributed by atoms with E-state index in [2.05, 4.69) is 36.4 Å². The van der Waals surface area contributed by atoms with Gasteiger partial charge in [-0.15, -0.1) is 0 Å². The van der Waals surface area contributed by atoms with Crippen LogP contribution in [0.25, 0.3) is 32.3 Å². The van der Waals surface area contributed by atoms with Crippen molar-refractivity contribution < 1.29 is 4.79 Å². The standard InChI is InChI=1S/C25H15O/c26-25(22-13-12-17-6-1-2-7-18(17)15-22)23-11-5-10-21-14-19-8-3-4-9-20(19)16-24(21)23/h1-14,16H. The third-order valence-electron chi connectivity index (χ3n) is 4.90. The number of rotatable bonds is 2. The molecule has 1 nitrogen and oxygen atoms in total. The summed E-state index contributed by atoms with van der Waals surface area (Å²) in [6.07, 6.45) is 0. The number of hydrogen-bond acceptors (Lipinski definition) is 1. The van der Waals surface area contributed by atoms with Gasteiger partial charge in [0.05, 0.1) is 0 Å². The van der Waals surface area contributed by atoms with Crippen LogP contribution in [0.4, 0.5) is 0 Å². The van der Waals surface area contributed by atoms with E-state index in [4.69, 9.17) is 0 Å². The van der Waals surface area contributed by atoms with Crippen molar-refractivity contribution in [2.45, 2.75) is 0 Å². The van der Waals surface area contributed by atoms with Gasteiger partial charge < -0.3 is 0 Å². The first-order chi connectivity index (χ1) is 12.8. The summed E-state index contributed by atoms with van der Waals surface area (Å²) in [5.41, 5.74) is 1.32. The first-order valence-corrected chi connectivity index (χ1v) is 8.67. The van der Waals surface area contributed by atoms with Crippen LogP contribution in [0, 0.1) is 6.07 Å². The van der Waals surface area contributed by atoms with E-state index in [0.29, 0.717) is 5.56 Å². The van der Waals surface area contributed by atoms with Crippen molar-refractivity contribution in [3.05, 3.63) is 108 Å². The molecular formula is C25H15O. The number of fused-ring (bicyclic) bond motifs is 3. The van der Waals surface area contributed by atoms with Crippen LogP contribution in [-0.2, 0) is 0 Å².